The molecule has 2 aliphatic rings. The van der Waals surface area contributed by atoms with E-state index in [9.17, 15) is 34.5 Å². The van der Waals surface area contributed by atoms with Gasteiger partial charge in [0.1, 0.15) is 17.1 Å². The molecule has 0 aliphatic heterocycles. The first-order valence-electron chi connectivity index (χ1n) is 11.8. The van der Waals surface area contributed by atoms with Gasteiger partial charge in [0.2, 0.25) is 11.8 Å². The topological polar surface area (TPSA) is 153 Å². The van der Waals surface area contributed by atoms with Crippen LogP contribution in [0.1, 0.15) is 33.1 Å². The van der Waals surface area contributed by atoms with Gasteiger partial charge in [-0.05, 0) is 18.1 Å². The monoisotopic (exact) mass is 509 g/mol. The van der Waals surface area contributed by atoms with E-state index in [2.05, 4.69) is 10.6 Å². The minimum absolute atomic E-state index is 0.0954. The Kier molecular flexibility index (Phi) is 10.9. The Morgan fingerprint density at radius 3 is 2.11 bits per heavy atom. The summed E-state index contributed by atoms with van der Waals surface area (Å²) in [6.45, 7) is 4.08. The molecule has 5 N–H and O–H groups in total. The highest BCUT2D eigenvalue weighted by atomic mass is 16.3. The molecule has 0 fully saturated rings. The summed E-state index contributed by atoms with van der Waals surface area (Å²) in [5, 5.41) is 35.3. The number of carbonyl (C=O) groups is 4. The number of rotatable bonds is 10. The molecular formula is C28H32N2O7. The normalized spacial score (nSPS) is 23.3. The molecule has 0 spiro atoms. The molecule has 9 heteroatoms. The molecule has 2 aliphatic carbocycles. The molecule has 9 nitrogen and oxygen atoms in total. The van der Waals surface area contributed by atoms with E-state index in [0.717, 1.165) is 12.2 Å². The highest BCUT2D eigenvalue weighted by Gasteiger charge is 2.38. The number of carbonyl (C=O) groups excluding carboxylic acids is 4. The lowest BCUT2D eigenvalue weighted by atomic mass is 9.90. The Hall–Kier alpha value is -4.08. The smallest absolute Gasteiger partial charge is 0.248 e. The molecule has 0 unspecified atom stereocenters. The molecule has 0 radical (unpaired) electrons. The zero-order valence-corrected chi connectivity index (χ0v) is 20.8. The first-order chi connectivity index (χ1) is 17.5. The van der Waals surface area contributed by atoms with E-state index >= 15 is 0 Å². The number of hydrogen-bond acceptors (Lipinski definition) is 7. The molecule has 0 bridgehead atoms. The minimum Gasteiger partial charge on any atom is -0.510 e. The van der Waals surface area contributed by atoms with E-state index in [-0.39, 0.29) is 42.2 Å². The standard InChI is InChI=1S/C28H32N2O7/c1-19(2)11-7-3-4-8-12-25(35)29-20-18-28(37,24(34)17-23(20)33)16-10-6-5-9-13-26(36)30-27-21(31)14-15-22(27)32/h3-13,16,18-19,24,31,34,37H,14-15,17H2,1-2H3,(H,29,35)(H,30,36)/b4-3+,6-5+,11-7+,12-8+,13-9+,16-10+/t24-,28+/m1/s1/i16+1. The Bertz CT molecular complexity index is 1150. The first-order valence-corrected chi connectivity index (χ1v) is 11.8. The van der Waals surface area contributed by atoms with Gasteiger partial charge in [0.25, 0.3) is 0 Å². The Morgan fingerprint density at radius 2 is 1.51 bits per heavy atom. The maximum absolute atomic E-state index is 12.2. The number of ketones is 2. The van der Waals surface area contributed by atoms with Gasteiger partial charge in [-0.15, -0.1) is 0 Å². The molecule has 2 amide bonds. The van der Waals surface area contributed by atoms with Crippen molar-refractivity contribution in [3.05, 3.63) is 96.1 Å². The van der Waals surface area contributed by atoms with Crippen molar-refractivity contribution in [3.8, 4) is 0 Å². The maximum atomic E-state index is 12.2. The zero-order chi connectivity index (χ0) is 27.4. The second kappa shape index (κ2) is 13.9. The van der Waals surface area contributed by atoms with E-state index in [0.29, 0.717) is 5.92 Å². The van der Waals surface area contributed by atoms with Gasteiger partial charge in [-0.1, -0.05) is 68.5 Å². The van der Waals surface area contributed by atoms with Crippen molar-refractivity contribution in [1.29, 1.82) is 0 Å². The summed E-state index contributed by atoms with van der Waals surface area (Å²) in [5.74, 6) is -1.74. The van der Waals surface area contributed by atoms with Gasteiger partial charge >= 0.3 is 0 Å². The van der Waals surface area contributed by atoms with Crippen LogP contribution in [0.2, 0.25) is 0 Å². The number of nitrogens with one attached hydrogen (secondary N) is 2. The van der Waals surface area contributed by atoms with Crippen molar-refractivity contribution < 1.29 is 34.5 Å². The third-order valence-corrected chi connectivity index (χ3v) is 5.27. The molecule has 0 saturated heterocycles. The van der Waals surface area contributed by atoms with E-state index < -0.39 is 29.3 Å². The fraction of sp³-hybridized carbons (Fsp3) is 0.286. The number of Topliss-reactive ketones (excluding diaryl/α,β-unsaturated/α-hetero) is 2. The summed E-state index contributed by atoms with van der Waals surface area (Å²) < 4.78 is 0. The fourth-order valence-corrected chi connectivity index (χ4v) is 3.28. The molecule has 0 aromatic carbocycles. The van der Waals surface area contributed by atoms with Gasteiger partial charge in [0.15, 0.2) is 11.6 Å². The third-order valence-electron chi connectivity index (χ3n) is 5.27. The van der Waals surface area contributed by atoms with Crippen LogP contribution >= 0.6 is 0 Å². The lowest BCUT2D eigenvalue weighted by Gasteiger charge is -2.31. The van der Waals surface area contributed by atoms with E-state index in [1.54, 1.807) is 12.2 Å². The predicted octanol–water partition coefficient (Wildman–Crippen LogP) is 2.29. The van der Waals surface area contributed by atoms with Crippen molar-refractivity contribution in [2.45, 2.75) is 44.8 Å². The predicted molar refractivity (Wildman–Crippen MR) is 139 cm³/mol. The van der Waals surface area contributed by atoms with Crippen LogP contribution in [-0.4, -0.2) is 50.4 Å². The molecule has 37 heavy (non-hydrogen) atoms. The quantitative estimate of drug-likeness (QED) is 0.172. The minimum atomic E-state index is -1.90. The lowest BCUT2D eigenvalue weighted by molar-refractivity contribution is -0.124. The van der Waals surface area contributed by atoms with Crippen molar-refractivity contribution in [2.75, 3.05) is 0 Å². The van der Waals surface area contributed by atoms with Gasteiger partial charge in [0, 0.05) is 31.4 Å². The number of amides is 2. The molecule has 2 atom stereocenters. The van der Waals surface area contributed by atoms with Gasteiger partial charge in [-0.3, -0.25) is 19.2 Å². The maximum Gasteiger partial charge on any atom is 0.248 e. The second-order valence-corrected chi connectivity index (χ2v) is 8.79. The van der Waals surface area contributed by atoms with Crippen LogP contribution in [0.3, 0.4) is 0 Å². The Labute approximate surface area is 215 Å². The average molecular weight is 510 g/mol. The summed E-state index contributed by atoms with van der Waals surface area (Å²) >= 11 is 0. The van der Waals surface area contributed by atoms with E-state index in [1.807, 2.05) is 26.0 Å². The van der Waals surface area contributed by atoms with Crippen molar-refractivity contribution in [2.24, 2.45) is 5.92 Å². The van der Waals surface area contributed by atoms with Gasteiger partial charge < -0.3 is 26.0 Å². The third kappa shape index (κ3) is 9.47. The SMILES string of the molecule is CC(C)/C=C/C=C/C=C/C(=O)NC1=C[C@@](O)(/[13CH]=C/C=C/C=C/C(=O)NC2=C(O)CCC2=O)[C@H](O)CC1=O. The van der Waals surface area contributed by atoms with Crippen molar-refractivity contribution in [3.63, 3.8) is 0 Å². The molecule has 0 saturated carbocycles. The Balaban J connectivity index is 1.96. The van der Waals surface area contributed by atoms with Crippen LogP contribution in [0, 0.1) is 5.92 Å². The van der Waals surface area contributed by atoms with E-state index in [4.69, 9.17) is 0 Å². The molecular weight excluding hydrogens is 477 g/mol. The van der Waals surface area contributed by atoms with Gasteiger partial charge in [-0.2, -0.15) is 0 Å². The number of aliphatic hydroxyl groups excluding tert-OH is 2. The average Bonchev–Trinajstić information content (AvgIpc) is 3.14. The highest BCUT2D eigenvalue weighted by molar-refractivity contribution is 6.03. The first kappa shape index (κ1) is 29.2. The van der Waals surface area contributed by atoms with Crippen molar-refractivity contribution >= 4 is 23.4 Å². The zero-order valence-electron chi connectivity index (χ0n) is 20.8. The van der Waals surface area contributed by atoms with Crippen LogP contribution < -0.4 is 10.6 Å². The largest absolute Gasteiger partial charge is 0.510 e. The summed E-state index contributed by atoms with van der Waals surface area (Å²) in [6, 6.07) is 0. The summed E-state index contributed by atoms with van der Waals surface area (Å²) in [5.41, 5.74) is -2.13. The molecule has 196 valence electrons. The van der Waals surface area contributed by atoms with Crippen LogP contribution in [0.5, 0.6) is 0 Å². The molecule has 2 rings (SSSR count). The fourth-order valence-electron chi connectivity index (χ4n) is 3.28. The molecule has 0 aromatic heterocycles. The van der Waals surface area contributed by atoms with E-state index in [1.165, 1.54) is 42.5 Å². The number of aliphatic hydroxyl groups is 3. The molecule has 0 heterocycles. The molecule has 0 aromatic rings. The number of hydrogen-bond donors (Lipinski definition) is 5. The van der Waals surface area contributed by atoms with Gasteiger partial charge in [-0.25, -0.2) is 0 Å². The van der Waals surface area contributed by atoms with Crippen LogP contribution in [-0.2, 0) is 19.2 Å². The summed E-state index contributed by atoms with van der Waals surface area (Å²) in [4.78, 5) is 47.8. The Morgan fingerprint density at radius 1 is 0.919 bits per heavy atom. The number of allylic oxidation sites excluding steroid dienone is 12. The van der Waals surface area contributed by atoms with Crippen LogP contribution in [0.25, 0.3) is 0 Å². The summed E-state index contributed by atoms with van der Waals surface area (Å²) in [7, 11) is 0. The summed E-state index contributed by atoms with van der Waals surface area (Å²) in [6.07, 6.45) is 17.8. The van der Waals surface area contributed by atoms with Crippen LogP contribution in [0.4, 0.5) is 0 Å². The highest BCUT2D eigenvalue weighted by Crippen LogP contribution is 2.25. The second-order valence-electron chi connectivity index (χ2n) is 8.79. The van der Waals surface area contributed by atoms with Crippen molar-refractivity contribution in [1.82, 2.24) is 10.6 Å². The van der Waals surface area contributed by atoms with Crippen LogP contribution in [0.15, 0.2) is 96.1 Å². The lowest BCUT2D eigenvalue weighted by Crippen LogP contribution is -2.46. The van der Waals surface area contributed by atoms with Gasteiger partial charge in [0.05, 0.1) is 11.8 Å².